The molecule has 0 bridgehead atoms. The lowest BCUT2D eigenvalue weighted by atomic mass is 9.85. The highest BCUT2D eigenvalue weighted by atomic mass is 79.9. The molecular formula is C15H19BrO. The minimum absolute atomic E-state index is 0.398. The molecule has 0 aromatic heterocycles. The second-order valence-electron chi connectivity index (χ2n) is 5.05. The number of ketones is 1. The zero-order valence-electron chi connectivity index (χ0n) is 10.1. The van der Waals surface area contributed by atoms with E-state index in [1.807, 2.05) is 24.3 Å². The van der Waals surface area contributed by atoms with E-state index in [0.717, 1.165) is 16.5 Å². The Balaban J connectivity index is 1.84. The average Bonchev–Trinajstić information content (AvgIpc) is 2.30. The van der Waals surface area contributed by atoms with Crippen molar-refractivity contribution in [2.45, 2.75) is 44.9 Å². The number of hydrogen-bond donors (Lipinski definition) is 0. The van der Waals surface area contributed by atoms with Gasteiger partial charge in [-0.25, -0.2) is 0 Å². The van der Waals surface area contributed by atoms with Crippen LogP contribution in [0.1, 0.15) is 44.1 Å². The van der Waals surface area contributed by atoms with Gasteiger partial charge in [-0.05, 0) is 23.6 Å². The molecule has 0 amide bonds. The van der Waals surface area contributed by atoms with Crippen LogP contribution in [0.15, 0.2) is 28.7 Å². The molecule has 0 spiro atoms. The summed E-state index contributed by atoms with van der Waals surface area (Å²) >= 11 is 3.44. The Bertz CT molecular complexity index is 380. The van der Waals surface area contributed by atoms with E-state index in [-0.39, 0.29) is 0 Å². The maximum Gasteiger partial charge on any atom is 0.137 e. The molecule has 1 nitrogen and oxygen atoms in total. The summed E-state index contributed by atoms with van der Waals surface area (Å²) in [6.45, 7) is 0. The third kappa shape index (κ3) is 4.27. The highest BCUT2D eigenvalue weighted by Gasteiger charge is 2.17. The molecule has 0 aliphatic heterocycles. The van der Waals surface area contributed by atoms with Crippen molar-refractivity contribution < 1.29 is 4.79 Å². The number of halogens is 1. The number of carbonyl (C=O) groups is 1. The molecule has 0 N–H and O–H groups in total. The molecule has 0 radical (unpaired) electrons. The molecule has 1 fully saturated rings. The maximum atomic E-state index is 12.0. The van der Waals surface area contributed by atoms with Crippen molar-refractivity contribution >= 4 is 21.7 Å². The Hall–Kier alpha value is -0.630. The third-order valence-corrected chi connectivity index (χ3v) is 4.02. The highest BCUT2D eigenvalue weighted by Crippen LogP contribution is 2.27. The summed E-state index contributed by atoms with van der Waals surface area (Å²) in [4.78, 5) is 12.0. The zero-order chi connectivity index (χ0) is 12.1. The van der Waals surface area contributed by atoms with Crippen LogP contribution in [0, 0.1) is 5.92 Å². The lowest BCUT2D eigenvalue weighted by Gasteiger charge is -2.20. The molecule has 0 heterocycles. The predicted molar refractivity (Wildman–Crippen MR) is 74.0 cm³/mol. The predicted octanol–water partition coefficient (Wildman–Crippen LogP) is 4.53. The Morgan fingerprint density at radius 3 is 2.71 bits per heavy atom. The van der Waals surface area contributed by atoms with E-state index in [0.29, 0.717) is 18.1 Å². The molecule has 17 heavy (non-hydrogen) atoms. The first-order chi connectivity index (χ1) is 8.24. The molecule has 0 saturated heterocycles. The van der Waals surface area contributed by atoms with E-state index < -0.39 is 0 Å². The maximum absolute atomic E-state index is 12.0. The monoisotopic (exact) mass is 294 g/mol. The van der Waals surface area contributed by atoms with Crippen LogP contribution < -0.4 is 0 Å². The Labute approximate surface area is 112 Å². The van der Waals surface area contributed by atoms with Crippen molar-refractivity contribution in [2.75, 3.05) is 0 Å². The molecular weight excluding hydrogens is 276 g/mol. The number of rotatable bonds is 4. The van der Waals surface area contributed by atoms with E-state index >= 15 is 0 Å². The summed E-state index contributed by atoms with van der Waals surface area (Å²) in [6, 6.07) is 8.06. The first-order valence-electron chi connectivity index (χ1n) is 6.50. The Morgan fingerprint density at radius 2 is 2.00 bits per heavy atom. The van der Waals surface area contributed by atoms with Gasteiger partial charge < -0.3 is 0 Å². The number of Topliss-reactive ketones (excluding diaryl/α,β-unsaturated/α-hetero) is 1. The van der Waals surface area contributed by atoms with Gasteiger partial charge >= 0.3 is 0 Å². The van der Waals surface area contributed by atoms with Crippen LogP contribution in [0.5, 0.6) is 0 Å². The molecule has 2 rings (SSSR count). The van der Waals surface area contributed by atoms with Crippen LogP contribution in [0.4, 0.5) is 0 Å². The SMILES string of the molecule is O=C(Cc1cccc(Br)c1)CC1CCCCC1. The van der Waals surface area contributed by atoms with Gasteiger partial charge in [0.1, 0.15) is 5.78 Å². The molecule has 2 heteroatoms. The van der Waals surface area contributed by atoms with Gasteiger partial charge in [0.05, 0.1) is 0 Å². The highest BCUT2D eigenvalue weighted by molar-refractivity contribution is 9.10. The second kappa shape index (κ2) is 6.34. The first kappa shape index (κ1) is 12.8. The minimum atomic E-state index is 0.398. The summed E-state index contributed by atoms with van der Waals surface area (Å²) in [5.41, 5.74) is 1.13. The summed E-state index contributed by atoms with van der Waals surface area (Å²) < 4.78 is 1.06. The molecule has 1 aromatic rings. The second-order valence-corrected chi connectivity index (χ2v) is 5.97. The number of carbonyl (C=O) groups excluding carboxylic acids is 1. The molecule has 0 atom stereocenters. The number of benzene rings is 1. The van der Waals surface area contributed by atoms with Crippen molar-refractivity contribution in [3.63, 3.8) is 0 Å². The average molecular weight is 295 g/mol. The quantitative estimate of drug-likeness (QED) is 0.797. The van der Waals surface area contributed by atoms with Gasteiger partial charge in [-0.2, -0.15) is 0 Å². The van der Waals surface area contributed by atoms with Gasteiger partial charge in [0.25, 0.3) is 0 Å². The van der Waals surface area contributed by atoms with Crippen molar-refractivity contribution in [1.29, 1.82) is 0 Å². The van der Waals surface area contributed by atoms with Crippen molar-refractivity contribution in [3.8, 4) is 0 Å². The van der Waals surface area contributed by atoms with E-state index in [2.05, 4.69) is 15.9 Å². The fourth-order valence-electron chi connectivity index (χ4n) is 2.66. The normalized spacial score (nSPS) is 17.0. The Morgan fingerprint density at radius 1 is 1.24 bits per heavy atom. The van der Waals surface area contributed by atoms with E-state index in [9.17, 15) is 4.79 Å². The van der Waals surface area contributed by atoms with Gasteiger partial charge in [-0.15, -0.1) is 0 Å². The van der Waals surface area contributed by atoms with Crippen LogP contribution in [0.25, 0.3) is 0 Å². The minimum Gasteiger partial charge on any atom is -0.299 e. The molecule has 1 aromatic carbocycles. The third-order valence-electron chi connectivity index (χ3n) is 3.53. The topological polar surface area (TPSA) is 17.1 Å². The van der Waals surface area contributed by atoms with Crippen molar-refractivity contribution in [2.24, 2.45) is 5.92 Å². The summed E-state index contributed by atoms with van der Waals surface area (Å²) in [6.07, 6.45) is 7.87. The zero-order valence-corrected chi connectivity index (χ0v) is 11.7. The fourth-order valence-corrected chi connectivity index (χ4v) is 3.11. The van der Waals surface area contributed by atoms with E-state index in [4.69, 9.17) is 0 Å². The van der Waals surface area contributed by atoms with Crippen LogP contribution in [0.2, 0.25) is 0 Å². The van der Waals surface area contributed by atoms with Gasteiger partial charge in [-0.3, -0.25) is 4.79 Å². The van der Waals surface area contributed by atoms with E-state index in [1.54, 1.807) is 0 Å². The smallest absolute Gasteiger partial charge is 0.137 e. The lowest BCUT2D eigenvalue weighted by molar-refractivity contribution is -0.119. The summed E-state index contributed by atoms with van der Waals surface area (Å²) in [5.74, 6) is 1.05. The first-order valence-corrected chi connectivity index (χ1v) is 7.29. The van der Waals surface area contributed by atoms with Crippen molar-refractivity contribution in [1.82, 2.24) is 0 Å². The van der Waals surface area contributed by atoms with Gasteiger partial charge in [-0.1, -0.05) is 60.2 Å². The fraction of sp³-hybridized carbons (Fsp3) is 0.533. The standard InChI is InChI=1S/C15H19BrO/c16-14-8-4-7-13(9-14)11-15(17)10-12-5-2-1-3-6-12/h4,7-9,12H,1-3,5-6,10-11H2. The molecule has 1 aliphatic rings. The summed E-state index contributed by atoms with van der Waals surface area (Å²) in [7, 11) is 0. The van der Waals surface area contributed by atoms with Gasteiger partial charge in [0.2, 0.25) is 0 Å². The molecule has 92 valence electrons. The van der Waals surface area contributed by atoms with Crippen molar-refractivity contribution in [3.05, 3.63) is 34.3 Å². The molecule has 0 unspecified atom stereocenters. The Kier molecular flexibility index (Phi) is 4.78. The van der Waals surface area contributed by atoms with E-state index in [1.165, 1.54) is 32.1 Å². The molecule has 1 aliphatic carbocycles. The van der Waals surface area contributed by atoms with Crippen LogP contribution in [0.3, 0.4) is 0 Å². The van der Waals surface area contributed by atoms with Gasteiger partial charge in [0, 0.05) is 17.3 Å². The van der Waals surface area contributed by atoms with Crippen LogP contribution in [-0.4, -0.2) is 5.78 Å². The largest absolute Gasteiger partial charge is 0.299 e. The number of hydrogen-bond acceptors (Lipinski definition) is 1. The summed E-state index contributed by atoms with van der Waals surface area (Å²) in [5, 5.41) is 0. The molecule has 1 saturated carbocycles. The van der Waals surface area contributed by atoms with Gasteiger partial charge in [0.15, 0.2) is 0 Å². The van der Waals surface area contributed by atoms with Crippen LogP contribution >= 0.6 is 15.9 Å². The van der Waals surface area contributed by atoms with Crippen LogP contribution in [-0.2, 0) is 11.2 Å². The lowest BCUT2D eigenvalue weighted by Crippen LogP contribution is -2.13.